The second-order valence-corrected chi connectivity index (χ2v) is 6.87. The summed E-state index contributed by atoms with van der Waals surface area (Å²) in [6.45, 7) is 1.89. The summed E-state index contributed by atoms with van der Waals surface area (Å²) < 4.78 is 15.0. The number of amides is 1. The Hall–Kier alpha value is -2.66. The average Bonchev–Trinajstić information content (AvgIpc) is 3.20. The summed E-state index contributed by atoms with van der Waals surface area (Å²) in [6.07, 6.45) is 2.65. The predicted molar refractivity (Wildman–Crippen MR) is 99.7 cm³/mol. The van der Waals surface area contributed by atoms with Gasteiger partial charge < -0.3 is 5.32 Å². The highest BCUT2D eigenvalue weighted by molar-refractivity contribution is 6.30. The molecule has 0 spiro atoms. The normalized spacial score (nSPS) is 12.9. The van der Waals surface area contributed by atoms with E-state index in [2.05, 4.69) is 10.4 Å². The fourth-order valence-corrected chi connectivity index (χ4v) is 3.59. The van der Waals surface area contributed by atoms with Crippen LogP contribution in [0.3, 0.4) is 0 Å². The molecule has 0 saturated carbocycles. The van der Waals surface area contributed by atoms with Crippen molar-refractivity contribution < 1.29 is 9.18 Å². The van der Waals surface area contributed by atoms with Gasteiger partial charge in [-0.2, -0.15) is 5.10 Å². The standard InChI is InChI=1S/C20H17ClFN3O/c1-12-11-13(21)5-10-17(12)23-20(26)19-16-3-2-4-18(16)25(24-19)15-8-6-14(22)7-9-15/h5-11H,2-4H2,1H3,(H,23,26). The average molecular weight is 370 g/mol. The molecule has 0 aliphatic heterocycles. The number of hydrogen-bond acceptors (Lipinski definition) is 2. The number of anilines is 1. The van der Waals surface area contributed by atoms with Crippen molar-refractivity contribution in [2.75, 3.05) is 5.32 Å². The zero-order chi connectivity index (χ0) is 18.3. The summed E-state index contributed by atoms with van der Waals surface area (Å²) >= 11 is 5.97. The van der Waals surface area contributed by atoms with Crippen molar-refractivity contribution in [3.05, 3.63) is 75.8 Å². The number of rotatable bonds is 3. The van der Waals surface area contributed by atoms with Gasteiger partial charge in [-0.3, -0.25) is 4.79 Å². The van der Waals surface area contributed by atoms with Crippen LogP contribution in [-0.2, 0) is 12.8 Å². The van der Waals surface area contributed by atoms with Crippen LogP contribution < -0.4 is 5.32 Å². The number of aromatic nitrogens is 2. The highest BCUT2D eigenvalue weighted by atomic mass is 35.5. The molecule has 1 aliphatic carbocycles. The summed E-state index contributed by atoms with van der Waals surface area (Å²) in [5, 5.41) is 8.08. The molecule has 26 heavy (non-hydrogen) atoms. The topological polar surface area (TPSA) is 46.9 Å². The minimum absolute atomic E-state index is 0.241. The largest absolute Gasteiger partial charge is 0.320 e. The van der Waals surface area contributed by atoms with Crippen LogP contribution in [0.4, 0.5) is 10.1 Å². The van der Waals surface area contributed by atoms with Gasteiger partial charge in [0.1, 0.15) is 5.82 Å². The maximum Gasteiger partial charge on any atom is 0.276 e. The second kappa shape index (κ2) is 6.57. The zero-order valence-corrected chi connectivity index (χ0v) is 15.0. The van der Waals surface area contributed by atoms with E-state index in [1.54, 1.807) is 35.0 Å². The maximum absolute atomic E-state index is 13.2. The van der Waals surface area contributed by atoms with E-state index in [-0.39, 0.29) is 11.7 Å². The van der Waals surface area contributed by atoms with Crippen LogP contribution in [0.5, 0.6) is 0 Å². The smallest absolute Gasteiger partial charge is 0.276 e. The Morgan fingerprint density at radius 1 is 1.19 bits per heavy atom. The molecule has 4 rings (SSSR count). The molecule has 0 radical (unpaired) electrons. The van der Waals surface area contributed by atoms with E-state index in [9.17, 15) is 9.18 Å². The molecule has 4 nitrogen and oxygen atoms in total. The summed E-state index contributed by atoms with van der Waals surface area (Å²) in [5.41, 5.74) is 4.78. The molecule has 0 unspecified atom stereocenters. The molecule has 1 aliphatic rings. The van der Waals surface area contributed by atoms with Gasteiger partial charge in [-0.1, -0.05) is 11.6 Å². The summed E-state index contributed by atoms with van der Waals surface area (Å²) in [4.78, 5) is 12.8. The quantitative estimate of drug-likeness (QED) is 0.726. The highest BCUT2D eigenvalue weighted by Crippen LogP contribution is 2.29. The van der Waals surface area contributed by atoms with E-state index in [1.165, 1.54) is 12.1 Å². The van der Waals surface area contributed by atoms with Crippen LogP contribution in [0.25, 0.3) is 5.69 Å². The van der Waals surface area contributed by atoms with Crippen molar-refractivity contribution in [1.82, 2.24) is 9.78 Å². The number of hydrogen-bond donors (Lipinski definition) is 1. The number of fused-ring (bicyclic) bond motifs is 1. The van der Waals surface area contributed by atoms with Crippen LogP contribution in [0.15, 0.2) is 42.5 Å². The zero-order valence-electron chi connectivity index (χ0n) is 14.2. The van der Waals surface area contributed by atoms with E-state index in [0.717, 1.165) is 41.8 Å². The predicted octanol–water partition coefficient (Wildman–Crippen LogP) is 4.71. The molecule has 1 heterocycles. The van der Waals surface area contributed by atoms with Crippen LogP contribution in [0.1, 0.15) is 33.7 Å². The van der Waals surface area contributed by atoms with Gasteiger partial charge in [0.25, 0.3) is 5.91 Å². The van der Waals surface area contributed by atoms with Gasteiger partial charge in [0, 0.05) is 22.0 Å². The number of nitrogens with one attached hydrogen (secondary N) is 1. The fraction of sp³-hybridized carbons (Fsp3) is 0.200. The van der Waals surface area contributed by atoms with Gasteiger partial charge in [0.2, 0.25) is 0 Å². The molecule has 132 valence electrons. The molecule has 2 aromatic carbocycles. The van der Waals surface area contributed by atoms with E-state index >= 15 is 0 Å². The lowest BCUT2D eigenvalue weighted by molar-refractivity contribution is 0.102. The molecular weight excluding hydrogens is 353 g/mol. The first kappa shape index (κ1) is 16.8. The number of benzene rings is 2. The molecule has 6 heteroatoms. The lowest BCUT2D eigenvalue weighted by Gasteiger charge is -2.08. The monoisotopic (exact) mass is 369 g/mol. The summed E-state index contributed by atoms with van der Waals surface area (Å²) in [5.74, 6) is -0.539. The Morgan fingerprint density at radius 3 is 2.69 bits per heavy atom. The molecular formula is C20H17ClFN3O. The van der Waals surface area contributed by atoms with E-state index in [1.807, 2.05) is 6.92 Å². The second-order valence-electron chi connectivity index (χ2n) is 6.43. The van der Waals surface area contributed by atoms with Crippen molar-refractivity contribution in [2.24, 2.45) is 0 Å². The van der Waals surface area contributed by atoms with Crippen LogP contribution in [-0.4, -0.2) is 15.7 Å². The Labute approximate surface area is 155 Å². The van der Waals surface area contributed by atoms with E-state index in [0.29, 0.717) is 16.4 Å². The van der Waals surface area contributed by atoms with E-state index in [4.69, 9.17) is 11.6 Å². The van der Waals surface area contributed by atoms with Gasteiger partial charge in [-0.05, 0) is 74.2 Å². The lowest BCUT2D eigenvalue weighted by Crippen LogP contribution is -2.15. The highest BCUT2D eigenvalue weighted by Gasteiger charge is 2.27. The molecule has 1 amide bonds. The molecule has 0 saturated heterocycles. The van der Waals surface area contributed by atoms with Gasteiger partial charge in [-0.25, -0.2) is 9.07 Å². The Kier molecular flexibility index (Phi) is 4.24. The summed E-state index contributed by atoms with van der Waals surface area (Å²) in [6, 6.07) is 11.5. The van der Waals surface area contributed by atoms with Gasteiger partial charge >= 0.3 is 0 Å². The third-order valence-corrected chi connectivity index (χ3v) is 4.89. The van der Waals surface area contributed by atoms with Crippen LogP contribution >= 0.6 is 11.6 Å². The van der Waals surface area contributed by atoms with Crippen molar-refractivity contribution in [3.63, 3.8) is 0 Å². The SMILES string of the molecule is Cc1cc(Cl)ccc1NC(=O)c1nn(-c2ccc(F)cc2)c2c1CCC2. The Balaban J connectivity index is 1.69. The number of carbonyl (C=O) groups excluding carboxylic acids is 1. The first-order valence-corrected chi connectivity index (χ1v) is 8.85. The molecule has 0 atom stereocenters. The van der Waals surface area contributed by atoms with Crippen molar-refractivity contribution in [2.45, 2.75) is 26.2 Å². The molecule has 0 bridgehead atoms. The minimum Gasteiger partial charge on any atom is -0.320 e. The fourth-order valence-electron chi connectivity index (χ4n) is 3.36. The third kappa shape index (κ3) is 2.99. The first-order valence-electron chi connectivity index (χ1n) is 8.47. The molecule has 1 N–H and O–H groups in total. The Bertz CT molecular complexity index is 995. The van der Waals surface area contributed by atoms with Crippen molar-refractivity contribution in [3.8, 4) is 5.69 Å². The number of nitrogens with zero attached hydrogens (tertiary/aromatic N) is 2. The van der Waals surface area contributed by atoms with E-state index < -0.39 is 0 Å². The summed E-state index contributed by atoms with van der Waals surface area (Å²) in [7, 11) is 0. The molecule has 3 aromatic rings. The molecule has 0 fully saturated rings. The number of aryl methyl sites for hydroxylation is 1. The first-order chi connectivity index (χ1) is 12.5. The number of carbonyl (C=O) groups is 1. The van der Waals surface area contributed by atoms with Crippen molar-refractivity contribution in [1.29, 1.82) is 0 Å². The minimum atomic E-state index is -0.297. The lowest BCUT2D eigenvalue weighted by atomic mass is 10.1. The van der Waals surface area contributed by atoms with Gasteiger partial charge in [-0.15, -0.1) is 0 Å². The number of halogens is 2. The third-order valence-electron chi connectivity index (χ3n) is 4.65. The van der Waals surface area contributed by atoms with Crippen LogP contribution in [0, 0.1) is 12.7 Å². The maximum atomic E-state index is 13.2. The van der Waals surface area contributed by atoms with Gasteiger partial charge in [0.05, 0.1) is 5.69 Å². The van der Waals surface area contributed by atoms with Crippen LogP contribution in [0.2, 0.25) is 5.02 Å². The van der Waals surface area contributed by atoms with Crippen molar-refractivity contribution >= 4 is 23.2 Å². The van der Waals surface area contributed by atoms with Gasteiger partial charge in [0.15, 0.2) is 5.69 Å². The molecule has 1 aromatic heterocycles. The Morgan fingerprint density at radius 2 is 1.96 bits per heavy atom.